The summed E-state index contributed by atoms with van der Waals surface area (Å²) in [5, 5.41) is 2.77. The number of carbonyl (C=O) groups excluding carboxylic acids is 2. The van der Waals surface area contributed by atoms with E-state index in [1.54, 1.807) is 6.92 Å². The van der Waals surface area contributed by atoms with Gasteiger partial charge in [-0.25, -0.2) is 0 Å². The Hall–Kier alpha value is -1.11. The SMILES string of the molecule is CCOC(=O)C(C(=O)Nc1ccc(I)cc1)C(C)(C)C. The molecule has 0 bridgehead atoms. The van der Waals surface area contributed by atoms with Gasteiger partial charge in [0.1, 0.15) is 5.92 Å². The zero-order chi connectivity index (χ0) is 15.3. The largest absolute Gasteiger partial charge is 0.465 e. The molecule has 0 spiro atoms. The molecule has 1 aromatic rings. The van der Waals surface area contributed by atoms with Crippen molar-refractivity contribution in [3.8, 4) is 0 Å². The normalized spacial score (nSPS) is 12.7. The van der Waals surface area contributed by atoms with E-state index in [1.165, 1.54) is 0 Å². The van der Waals surface area contributed by atoms with Crippen LogP contribution < -0.4 is 5.32 Å². The number of hydrogen-bond acceptors (Lipinski definition) is 3. The summed E-state index contributed by atoms with van der Waals surface area (Å²) < 4.78 is 6.09. The fourth-order valence-corrected chi connectivity index (χ4v) is 2.19. The maximum absolute atomic E-state index is 12.3. The lowest BCUT2D eigenvalue weighted by molar-refractivity contribution is -0.155. The highest BCUT2D eigenvalue weighted by Gasteiger charge is 2.38. The number of ether oxygens (including phenoxy) is 1. The summed E-state index contributed by atoms with van der Waals surface area (Å²) in [5.41, 5.74) is 0.175. The summed E-state index contributed by atoms with van der Waals surface area (Å²) in [6, 6.07) is 7.41. The van der Waals surface area contributed by atoms with Crippen LogP contribution in [0.3, 0.4) is 0 Å². The van der Waals surface area contributed by atoms with Gasteiger partial charge in [-0.2, -0.15) is 0 Å². The Morgan fingerprint density at radius 3 is 2.25 bits per heavy atom. The molecule has 1 N–H and O–H groups in total. The van der Waals surface area contributed by atoms with Gasteiger partial charge in [0.25, 0.3) is 0 Å². The van der Waals surface area contributed by atoms with E-state index < -0.39 is 17.3 Å². The molecule has 1 atom stereocenters. The van der Waals surface area contributed by atoms with Crippen LogP contribution in [-0.4, -0.2) is 18.5 Å². The molecule has 0 aliphatic heterocycles. The molecular weight excluding hydrogens is 369 g/mol. The average molecular weight is 389 g/mol. The van der Waals surface area contributed by atoms with Gasteiger partial charge < -0.3 is 10.1 Å². The standard InChI is InChI=1S/C15H20INO3/c1-5-20-14(19)12(15(2,3)4)13(18)17-11-8-6-10(16)7-9-11/h6-9,12H,5H2,1-4H3,(H,17,18). The summed E-state index contributed by atoms with van der Waals surface area (Å²) >= 11 is 2.19. The molecule has 0 saturated heterocycles. The molecule has 1 unspecified atom stereocenters. The lowest BCUT2D eigenvalue weighted by Crippen LogP contribution is -2.40. The number of benzene rings is 1. The molecule has 5 heteroatoms. The van der Waals surface area contributed by atoms with Gasteiger partial charge in [0.05, 0.1) is 6.61 Å². The van der Waals surface area contributed by atoms with Crippen molar-refractivity contribution in [2.75, 3.05) is 11.9 Å². The minimum absolute atomic E-state index is 0.266. The van der Waals surface area contributed by atoms with E-state index in [4.69, 9.17) is 4.74 Å². The Kier molecular flexibility index (Phi) is 5.98. The minimum Gasteiger partial charge on any atom is -0.465 e. The average Bonchev–Trinajstić information content (AvgIpc) is 2.30. The third-order valence-corrected chi connectivity index (χ3v) is 3.48. The van der Waals surface area contributed by atoms with E-state index in [-0.39, 0.29) is 12.5 Å². The molecule has 0 aromatic heterocycles. The molecule has 0 radical (unpaired) electrons. The molecule has 0 heterocycles. The Bertz CT molecular complexity index is 477. The van der Waals surface area contributed by atoms with Crippen LogP contribution in [0.15, 0.2) is 24.3 Å². The maximum atomic E-state index is 12.3. The first-order valence-corrected chi connectivity index (χ1v) is 7.56. The van der Waals surface area contributed by atoms with Gasteiger partial charge in [0.2, 0.25) is 5.91 Å². The van der Waals surface area contributed by atoms with E-state index in [1.807, 2.05) is 45.0 Å². The highest BCUT2D eigenvalue weighted by molar-refractivity contribution is 14.1. The minimum atomic E-state index is -0.832. The van der Waals surface area contributed by atoms with Crippen LogP contribution in [0.4, 0.5) is 5.69 Å². The first-order chi connectivity index (χ1) is 9.25. The summed E-state index contributed by atoms with van der Waals surface area (Å²) in [4.78, 5) is 24.3. The second kappa shape index (κ2) is 7.06. The van der Waals surface area contributed by atoms with Crippen molar-refractivity contribution in [3.05, 3.63) is 27.8 Å². The first kappa shape index (κ1) is 16.9. The van der Waals surface area contributed by atoms with Crippen molar-refractivity contribution in [1.29, 1.82) is 0 Å². The van der Waals surface area contributed by atoms with Crippen molar-refractivity contribution in [1.82, 2.24) is 0 Å². The van der Waals surface area contributed by atoms with Crippen LogP contribution in [0, 0.1) is 14.9 Å². The molecule has 1 aromatic carbocycles. The number of nitrogens with one attached hydrogen (secondary N) is 1. The second-order valence-corrected chi connectivity index (χ2v) is 6.79. The van der Waals surface area contributed by atoms with Crippen LogP contribution in [-0.2, 0) is 14.3 Å². The monoisotopic (exact) mass is 389 g/mol. The summed E-state index contributed by atoms with van der Waals surface area (Å²) in [6.45, 7) is 7.54. The molecule has 0 aliphatic rings. The quantitative estimate of drug-likeness (QED) is 0.488. The number of carbonyl (C=O) groups is 2. The van der Waals surface area contributed by atoms with Gasteiger partial charge in [-0.3, -0.25) is 9.59 Å². The van der Waals surface area contributed by atoms with Gasteiger partial charge in [-0.1, -0.05) is 20.8 Å². The number of esters is 1. The summed E-state index contributed by atoms with van der Waals surface area (Å²) in [6.07, 6.45) is 0. The van der Waals surface area contributed by atoms with E-state index >= 15 is 0 Å². The lowest BCUT2D eigenvalue weighted by Gasteiger charge is -2.27. The van der Waals surface area contributed by atoms with Gasteiger partial charge in [-0.05, 0) is 59.2 Å². The Morgan fingerprint density at radius 2 is 1.80 bits per heavy atom. The molecule has 1 rings (SSSR count). The summed E-state index contributed by atoms with van der Waals surface area (Å²) in [5.74, 6) is -1.65. The van der Waals surface area contributed by atoms with Gasteiger partial charge in [0, 0.05) is 9.26 Å². The first-order valence-electron chi connectivity index (χ1n) is 6.48. The fraction of sp³-hybridized carbons (Fsp3) is 0.467. The van der Waals surface area contributed by atoms with Crippen molar-refractivity contribution in [2.24, 2.45) is 11.3 Å². The number of anilines is 1. The zero-order valence-corrected chi connectivity index (χ0v) is 14.4. The van der Waals surface area contributed by atoms with Crippen molar-refractivity contribution >= 4 is 40.2 Å². The molecule has 0 saturated carbocycles. The lowest BCUT2D eigenvalue weighted by atomic mass is 9.80. The van der Waals surface area contributed by atoms with Crippen LogP contribution in [0.1, 0.15) is 27.7 Å². The molecule has 0 aliphatic carbocycles. The van der Waals surface area contributed by atoms with E-state index in [0.29, 0.717) is 5.69 Å². The fourth-order valence-electron chi connectivity index (χ4n) is 1.83. The molecule has 0 fully saturated rings. The molecular formula is C15H20INO3. The highest BCUT2D eigenvalue weighted by atomic mass is 127. The number of amides is 1. The van der Waals surface area contributed by atoms with Crippen molar-refractivity contribution < 1.29 is 14.3 Å². The Labute approximate surface area is 133 Å². The number of rotatable bonds is 4. The third kappa shape index (κ3) is 4.77. The Morgan fingerprint density at radius 1 is 1.25 bits per heavy atom. The predicted octanol–water partition coefficient (Wildman–Crippen LogP) is 3.46. The topological polar surface area (TPSA) is 55.4 Å². The molecule has 110 valence electrons. The van der Waals surface area contributed by atoms with E-state index in [9.17, 15) is 9.59 Å². The Balaban J connectivity index is 2.88. The third-order valence-electron chi connectivity index (χ3n) is 2.76. The van der Waals surface area contributed by atoms with Crippen LogP contribution in [0.5, 0.6) is 0 Å². The van der Waals surface area contributed by atoms with Crippen LogP contribution in [0.25, 0.3) is 0 Å². The predicted molar refractivity (Wildman–Crippen MR) is 87.4 cm³/mol. The van der Waals surface area contributed by atoms with Gasteiger partial charge in [0.15, 0.2) is 0 Å². The van der Waals surface area contributed by atoms with Crippen molar-refractivity contribution in [2.45, 2.75) is 27.7 Å². The van der Waals surface area contributed by atoms with Gasteiger partial charge >= 0.3 is 5.97 Å². The molecule has 4 nitrogen and oxygen atoms in total. The number of hydrogen-bond donors (Lipinski definition) is 1. The van der Waals surface area contributed by atoms with Crippen LogP contribution >= 0.6 is 22.6 Å². The smallest absolute Gasteiger partial charge is 0.319 e. The van der Waals surface area contributed by atoms with E-state index in [2.05, 4.69) is 27.9 Å². The van der Waals surface area contributed by atoms with E-state index in [0.717, 1.165) is 3.57 Å². The highest BCUT2D eigenvalue weighted by Crippen LogP contribution is 2.28. The molecule has 1 amide bonds. The van der Waals surface area contributed by atoms with Crippen molar-refractivity contribution in [3.63, 3.8) is 0 Å². The zero-order valence-electron chi connectivity index (χ0n) is 12.2. The van der Waals surface area contributed by atoms with Crippen LogP contribution in [0.2, 0.25) is 0 Å². The number of halogens is 1. The van der Waals surface area contributed by atoms with Gasteiger partial charge in [-0.15, -0.1) is 0 Å². The second-order valence-electron chi connectivity index (χ2n) is 5.55. The maximum Gasteiger partial charge on any atom is 0.319 e. The summed E-state index contributed by atoms with van der Waals surface area (Å²) in [7, 11) is 0. The molecule has 20 heavy (non-hydrogen) atoms.